The van der Waals surface area contributed by atoms with Crippen LogP contribution in [0, 0.1) is 20.8 Å². The fourth-order valence-corrected chi connectivity index (χ4v) is 3.10. The Hall–Kier alpha value is -2.59. The van der Waals surface area contributed by atoms with Gasteiger partial charge >= 0.3 is 0 Å². The molecule has 3 rings (SSSR count). The summed E-state index contributed by atoms with van der Waals surface area (Å²) in [5, 5.41) is 0.923. The molecule has 3 nitrogen and oxygen atoms in total. The van der Waals surface area contributed by atoms with Crippen molar-refractivity contribution >= 4 is 15.4 Å². The molecule has 0 aliphatic heterocycles. The highest BCUT2D eigenvalue weighted by Gasteiger charge is 2.19. The predicted octanol–water partition coefficient (Wildman–Crippen LogP) is 4.27. The maximum absolute atomic E-state index is 5.96. The zero-order valence-electron chi connectivity index (χ0n) is 14.9. The molecule has 0 aliphatic rings. The fraction of sp³-hybridized carbons (Fsp3) is 0.190. The van der Waals surface area contributed by atoms with Crippen molar-refractivity contribution in [2.45, 2.75) is 20.8 Å². The second-order valence-corrected chi connectivity index (χ2v) is 6.46. The first-order valence-electron chi connectivity index (χ1n) is 8.12. The van der Waals surface area contributed by atoms with Gasteiger partial charge in [-0.2, -0.15) is 4.98 Å². The van der Waals surface area contributed by atoms with Crippen LogP contribution >= 0.6 is 0 Å². The summed E-state index contributed by atoms with van der Waals surface area (Å²) in [4.78, 5) is 4.62. The van der Waals surface area contributed by atoms with E-state index in [-0.39, 0.29) is 0 Å². The van der Waals surface area contributed by atoms with E-state index < -0.39 is 0 Å². The molecule has 0 aliphatic carbocycles. The second-order valence-electron chi connectivity index (χ2n) is 5.96. The maximum Gasteiger partial charge on any atom is 0.225 e. The van der Waals surface area contributed by atoms with Gasteiger partial charge in [0.15, 0.2) is 0 Å². The summed E-state index contributed by atoms with van der Waals surface area (Å²) in [6.45, 7) is 6.20. The second kappa shape index (κ2) is 7.11. The van der Waals surface area contributed by atoms with Gasteiger partial charge in [-0.1, -0.05) is 36.4 Å². The molecule has 0 bridgehead atoms. The molecular weight excluding hydrogens is 326 g/mol. The first-order chi connectivity index (χ1) is 12.0. The highest BCUT2D eigenvalue weighted by atomic mass is 28.1. The molecule has 0 unspecified atom stereocenters. The van der Waals surface area contributed by atoms with Gasteiger partial charge in [0.05, 0.1) is 17.4 Å². The van der Waals surface area contributed by atoms with Crippen molar-refractivity contribution in [3.63, 3.8) is 0 Å². The van der Waals surface area contributed by atoms with E-state index >= 15 is 0 Å². The van der Waals surface area contributed by atoms with Gasteiger partial charge in [-0.25, -0.2) is 0 Å². The zero-order chi connectivity index (χ0) is 18.0. The minimum atomic E-state index is 0.530. The molecule has 125 valence electrons. The quantitative estimate of drug-likeness (QED) is 0.661. The van der Waals surface area contributed by atoms with Crippen molar-refractivity contribution in [3.05, 3.63) is 65.2 Å². The summed E-state index contributed by atoms with van der Waals surface area (Å²) in [6, 6.07) is 15.9. The standard InChI is InChI=1S/C21H20NO2Si/c1-13-9-8-12-17(14(13)2)18-19(25)15(3)20(22-21(18)23-4)24-16-10-6-5-7-11-16/h5-12H,1-4H3. The van der Waals surface area contributed by atoms with Crippen molar-refractivity contribution in [3.8, 4) is 28.6 Å². The van der Waals surface area contributed by atoms with Crippen LogP contribution in [0.2, 0.25) is 0 Å². The van der Waals surface area contributed by atoms with Crippen LogP contribution in [0.1, 0.15) is 16.7 Å². The lowest BCUT2D eigenvalue weighted by atomic mass is 9.97. The van der Waals surface area contributed by atoms with Crippen LogP contribution in [-0.4, -0.2) is 22.3 Å². The molecule has 0 fully saturated rings. The first-order valence-corrected chi connectivity index (χ1v) is 8.62. The molecule has 0 saturated carbocycles. The van der Waals surface area contributed by atoms with Crippen LogP contribution in [0.5, 0.6) is 17.5 Å². The van der Waals surface area contributed by atoms with Crippen LogP contribution in [-0.2, 0) is 0 Å². The van der Waals surface area contributed by atoms with Gasteiger partial charge in [-0.15, -0.1) is 0 Å². The predicted molar refractivity (Wildman–Crippen MR) is 102 cm³/mol. The number of aryl methyl sites for hydroxylation is 1. The lowest BCUT2D eigenvalue weighted by molar-refractivity contribution is 0.384. The summed E-state index contributed by atoms with van der Waals surface area (Å²) < 4.78 is 11.5. The maximum atomic E-state index is 5.96. The molecule has 0 amide bonds. The number of ether oxygens (including phenoxy) is 2. The molecular formula is C21H20NO2Si. The van der Waals surface area contributed by atoms with Gasteiger partial charge < -0.3 is 9.47 Å². The Kier molecular flexibility index (Phi) is 4.90. The first kappa shape index (κ1) is 17.2. The van der Waals surface area contributed by atoms with E-state index in [0.717, 1.165) is 27.6 Å². The Morgan fingerprint density at radius 2 is 1.56 bits per heavy atom. The van der Waals surface area contributed by atoms with Crippen molar-refractivity contribution in [2.24, 2.45) is 0 Å². The summed E-state index contributed by atoms with van der Waals surface area (Å²) in [5.41, 5.74) is 5.41. The van der Waals surface area contributed by atoms with Crippen LogP contribution in [0.15, 0.2) is 48.5 Å². The number of nitrogens with zero attached hydrogens (tertiary/aromatic N) is 1. The molecule has 0 N–H and O–H groups in total. The Labute approximate surface area is 152 Å². The van der Waals surface area contributed by atoms with E-state index in [1.54, 1.807) is 7.11 Å². The monoisotopic (exact) mass is 346 g/mol. The third-order valence-electron chi connectivity index (χ3n) is 4.39. The highest BCUT2D eigenvalue weighted by Crippen LogP contribution is 2.34. The Bertz CT molecular complexity index is 908. The number of benzene rings is 2. The Morgan fingerprint density at radius 3 is 2.24 bits per heavy atom. The molecule has 3 aromatic rings. The largest absolute Gasteiger partial charge is 0.480 e. The van der Waals surface area contributed by atoms with Gasteiger partial charge in [0.2, 0.25) is 11.8 Å². The molecule has 25 heavy (non-hydrogen) atoms. The Morgan fingerprint density at radius 1 is 0.840 bits per heavy atom. The smallest absolute Gasteiger partial charge is 0.225 e. The van der Waals surface area contributed by atoms with E-state index in [1.807, 2.05) is 43.3 Å². The van der Waals surface area contributed by atoms with E-state index in [4.69, 9.17) is 9.47 Å². The lowest BCUT2D eigenvalue weighted by Crippen LogP contribution is -2.16. The van der Waals surface area contributed by atoms with Crippen molar-refractivity contribution in [2.75, 3.05) is 7.11 Å². The molecule has 2 aromatic carbocycles. The summed E-state index contributed by atoms with van der Waals surface area (Å²) >= 11 is 0. The van der Waals surface area contributed by atoms with Crippen LogP contribution in [0.3, 0.4) is 0 Å². The Balaban J connectivity index is 2.15. The highest BCUT2D eigenvalue weighted by molar-refractivity contribution is 6.37. The van der Waals surface area contributed by atoms with Crippen LogP contribution < -0.4 is 14.7 Å². The van der Waals surface area contributed by atoms with E-state index in [2.05, 4.69) is 41.2 Å². The minimum absolute atomic E-state index is 0.530. The number of rotatable bonds is 4. The van der Waals surface area contributed by atoms with Gasteiger partial charge in [0, 0.05) is 11.1 Å². The normalized spacial score (nSPS) is 10.6. The average Bonchev–Trinajstić information content (AvgIpc) is 2.62. The average molecular weight is 346 g/mol. The van der Waals surface area contributed by atoms with Crippen molar-refractivity contribution in [1.29, 1.82) is 0 Å². The number of methoxy groups -OCH3 is 1. The van der Waals surface area contributed by atoms with Crippen molar-refractivity contribution in [1.82, 2.24) is 4.98 Å². The molecule has 4 heteroatoms. The number of pyridine rings is 1. The summed E-state index contributed by atoms with van der Waals surface area (Å²) in [5.74, 6) is 1.81. The minimum Gasteiger partial charge on any atom is -0.480 e. The third-order valence-corrected chi connectivity index (χ3v) is 5.01. The van der Waals surface area contributed by atoms with Gasteiger partial charge in [0.1, 0.15) is 5.75 Å². The van der Waals surface area contributed by atoms with E-state index in [0.29, 0.717) is 11.8 Å². The molecule has 0 saturated heterocycles. The van der Waals surface area contributed by atoms with Crippen LogP contribution in [0.4, 0.5) is 0 Å². The SMILES string of the molecule is COc1nc(Oc2ccccc2)c(C)c([Si])c1-c1cccc(C)c1C. The van der Waals surface area contributed by atoms with E-state index in [9.17, 15) is 0 Å². The van der Waals surface area contributed by atoms with Crippen molar-refractivity contribution < 1.29 is 9.47 Å². The summed E-state index contributed by atoms with van der Waals surface area (Å²) in [7, 11) is 5.42. The topological polar surface area (TPSA) is 31.4 Å². The fourth-order valence-electron chi connectivity index (χ4n) is 2.75. The summed E-state index contributed by atoms with van der Waals surface area (Å²) in [6.07, 6.45) is 0. The number of hydrogen-bond donors (Lipinski definition) is 0. The van der Waals surface area contributed by atoms with Gasteiger partial charge in [-0.05, 0) is 54.8 Å². The molecule has 3 radical (unpaired) electrons. The van der Waals surface area contributed by atoms with Crippen LogP contribution in [0.25, 0.3) is 11.1 Å². The lowest BCUT2D eigenvalue weighted by Gasteiger charge is -2.18. The number of hydrogen-bond acceptors (Lipinski definition) is 3. The van der Waals surface area contributed by atoms with Gasteiger partial charge in [0.25, 0.3) is 0 Å². The van der Waals surface area contributed by atoms with Gasteiger partial charge in [-0.3, -0.25) is 0 Å². The molecule has 0 spiro atoms. The molecule has 0 atom stereocenters. The molecule has 1 heterocycles. The third kappa shape index (κ3) is 3.30. The number of aromatic nitrogens is 1. The van der Waals surface area contributed by atoms with E-state index in [1.165, 1.54) is 11.1 Å². The molecule has 1 aromatic heterocycles. The number of para-hydroxylation sites is 1. The zero-order valence-corrected chi connectivity index (χ0v) is 15.9.